The van der Waals surface area contributed by atoms with Crippen LogP contribution in [0.25, 0.3) is 0 Å². The maximum Gasteiger partial charge on any atom is 1.00 e. The Morgan fingerprint density at radius 2 is 1.00 bits per heavy atom. The van der Waals surface area contributed by atoms with Gasteiger partial charge in [0.25, 0.3) is 0 Å². The van der Waals surface area contributed by atoms with Crippen molar-refractivity contribution in [1.82, 2.24) is 0 Å². The van der Waals surface area contributed by atoms with Crippen LogP contribution in [0.4, 0.5) is 0 Å². The standard InChI is InChI=1S/C28H46O7S.Na/c1-2-3-4-5-6-7-8-9-10-11-12-13-14-15-16-19-22-34-27(29)25-20-17-18-21-26(25)28(30)35-23-24-36(31,32)33;/h17-18,20-21H,2-16,19,22-24H2,1H3,(H,31,32,33);/q;+1/p-1. The quantitative estimate of drug-likeness (QED) is 0.0938. The van der Waals surface area contributed by atoms with Gasteiger partial charge in [-0.15, -0.1) is 0 Å². The van der Waals surface area contributed by atoms with Gasteiger partial charge in [-0.1, -0.05) is 115 Å². The Morgan fingerprint density at radius 3 is 1.38 bits per heavy atom. The molecular formula is C28H45NaO7S. The minimum absolute atomic E-state index is 0. The van der Waals surface area contributed by atoms with Crippen molar-refractivity contribution in [2.24, 2.45) is 0 Å². The third-order valence-electron chi connectivity index (χ3n) is 6.16. The van der Waals surface area contributed by atoms with Crippen molar-refractivity contribution in [3.63, 3.8) is 0 Å². The minimum Gasteiger partial charge on any atom is -0.748 e. The van der Waals surface area contributed by atoms with E-state index in [1.54, 1.807) is 12.1 Å². The van der Waals surface area contributed by atoms with Gasteiger partial charge in [0.2, 0.25) is 0 Å². The first-order valence-electron chi connectivity index (χ1n) is 13.7. The number of hydrogen-bond donors (Lipinski definition) is 0. The summed E-state index contributed by atoms with van der Waals surface area (Å²) in [4.78, 5) is 24.5. The van der Waals surface area contributed by atoms with Crippen LogP contribution in [0.5, 0.6) is 0 Å². The predicted octanol–water partition coefficient (Wildman–Crippen LogP) is 3.81. The predicted molar refractivity (Wildman–Crippen MR) is 141 cm³/mol. The molecule has 0 bridgehead atoms. The van der Waals surface area contributed by atoms with Gasteiger partial charge in [-0.3, -0.25) is 0 Å². The molecule has 0 aliphatic heterocycles. The van der Waals surface area contributed by atoms with Crippen LogP contribution in [-0.4, -0.2) is 43.9 Å². The molecule has 0 aliphatic rings. The summed E-state index contributed by atoms with van der Waals surface area (Å²) in [6.45, 7) is 1.97. The van der Waals surface area contributed by atoms with E-state index >= 15 is 0 Å². The summed E-state index contributed by atoms with van der Waals surface area (Å²) in [6, 6.07) is 6.02. The summed E-state index contributed by atoms with van der Waals surface area (Å²) in [7, 11) is -4.48. The van der Waals surface area contributed by atoms with Crippen molar-refractivity contribution >= 4 is 22.1 Å². The van der Waals surface area contributed by atoms with E-state index in [0.29, 0.717) is 0 Å². The van der Waals surface area contributed by atoms with Crippen molar-refractivity contribution in [2.75, 3.05) is 19.0 Å². The van der Waals surface area contributed by atoms with Crippen LogP contribution in [0.3, 0.4) is 0 Å². The molecule has 7 nitrogen and oxygen atoms in total. The number of hydrogen-bond acceptors (Lipinski definition) is 7. The van der Waals surface area contributed by atoms with Gasteiger partial charge in [-0.05, 0) is 18.6 Å². The van der Waals surface area contributed by atoms with Gasteiger partial charge in [0.05, 0.1) is 33.6 Å². The average Bonchev–Trinajstić information content (AvgIpc) is 2.85. The summed E-state index contributed by atoms with van der Waals surface area (Å²) in [6.07, 6.45) is 20.3. The molecule has 0 N–H and O–H groups in total. The SMILES string of the molecule is CCCCCCCCCCCCCCCCCCOC(=O)c1ccccc1C(=O)OCCS(=O)(=O)[O-].[Na+]. The Morgan fingerprint density at radius 1 is 0.649 bits per heavy atom. The van der Waals surface area contributed by atoms with E-state index in [9.17, 15) is 22.6 Å². The van der Waals surface area contributed by atoms with Crippen LogP contribution in [0.1, 0.15) is 130 Å². The topological polar surface area (TPSA) is 110 Å². The number of rotatable bonds is 22. The summed E-state index contributed by atoms with van der Waals surface area (Å²) >= 11 is 0. The smallest absolute Gasteiger partial charge is 0.748 e. The first-order valence-corrected chi connectivity index (χ1v) is 15.3. The van der Waals surface area contributed by atoms with Crippen molar-refractivity contribution in [3.05, 3.63) is 35.4 Å². The Hall–Kier alpha value is -0.930. The molecule has 37 heavy (non-hydrogen) atoms. The second kappa shape index (κ2) is 23.0. The molecule has 0 saturated carbocycles. The molecule has 9 heteroatoms. The Balaban J connectivity index is 0.0000130. The number of benzene rings is 1. The van der Waals surface area contributed by atoms with E-state index in [-0.39, 0.29) is 47.3 Å². The van der Waals surface area contributed by atoms with E-state index in [0.717, 1.165) is 19.3 Å². The van der Waals surface area contributed by atoms with Crippen molar-refractivity contribution in [1.29, 1.82) is 0 Å². The molecule has 0 unspecified atom stereocenters. The molecule has 1 aromatic carbocycles. The molecule has 206 valence electrons. The van der Waals surface area contributed by atoms with Crippen LogP contribution in [0.2, 0.25) is 0 Å². The van der Waals surface area contributed by atoms with E-state index in [2.05, 4.69) is 6.92 Å². The molecule has 0 saturated heterocycles. The Labute approximate surface area is 246 Å². The summed E-state index contributed by atoms with van der Waals surface area (Å²) in [5.74, 6) is -2.31. The molecule has 0 atom stereocenters. The Bertz CT molecular complexity index is 843. The maximum absolute atomic E-state index is 12.4. The van der Waals surface area contributed by atoms with Gasteiger partial charge in [0.15, 0.2) is 0 Å². The monoisotopic (exact) mass is 548 g/mol. The van der Waals surface area contributed by atoms with Gasteiger partial charge in [0, 0.05) is 0 Å². The summed E-state index contributed by atoms with van der Waals surface area (Å²) in [5.41, 5.74) is 0.0433. The van der Waals surface area contributed by atoms with E-state index in [1.165, 1.54) is 95.6 Å². The van der Waals surface area contributed by atoms with Crippen LogP contribution in [0, 0.1) is 0 Å². The number of unbranched alkanes of at least 4 members (excludes halogenated alkanes) is 15. The van der Waals surface area contributed by atoms with E-state index in [1.807, 2.05) is 0 Å². The number of esters is 2. The zero-order valence-electron chi connectivity index (χ0n) is 23.0. The normalized spacial score (nSPS) is 11.1. The van der Waals surface area contributed by atoms with Gasteiger partial charge in [-0.2, -0.15) is 0 Å². The summed E-state index contributed by atoms with van der Waals surface area (Å²) in [5, 5.41) is 0. The van der Waals surface area contributed by atoms with Crippen LogP contribution >= 0.6 is 0 Å². The number of carbonyl (C=O) groups excluding carboxylic acids is 2. The second-order valence-electron chi connectivity index (χ2n) is 9.38. The minimum atomic E-state index is -4.48. The van der Waals surface area contributed by atoms with E-state index in [4.69, 9.17) is 9.47 Å². The molecular weight excluding hydrogens is 503 g/mol. The number of carbonyl (C=O) groups is 2. The van der Waals surface area contributed by atoms with Crippen molar-refractivity contribution < 1.29 is 61.6 Å². The second-order valence-corrected chi connectivity index (χ2v) is 10.9. The molecule has 0 aromatic heterocycles. The maximum atomic E-state index is 12.4. The van der Waals surface area contributed by atoms with Crippen molar-refractivity contribution in [3.8, 4) is 0 Å². The molecule has 0 heterocycles. The van der Waals surface area contributed by atoms with Crippen LogP contribution in [-0.2, 0) is 19.6 Å². The zero-order chi connectivity index (χ0) is 26.5. The number of ether oxygens (including phenoxy) is 2. The fourth-order valence-electron chi connectivity index (χ4n) is 4.05. The van der Waals surface area contributed by atoms with Crippen LogP contribution < -0.4 is 29.6 Å². The molecule has 0 amide bonds. The Kier molecular flexibility index (Phi) is 22.4. The van der Waals surface area contributed by atoms with Gasteiger partial charge in [-0.25, -0.2) is 18.0 Å². The molecule has 0 radical (unpaired) electrons. The third-order valence-corrected chi connectivity index (χ3v) is 6.83. The molecule has 0 fully saturated rings. The van der Waals surface area contributed by atoms with Crippen LogP contribution in [0.15, 0.2) is 24.3 Å². The van der Waals surface area contributed by atoms with Crippen molar-refractivity contribution in [2.45, 2.75) is 110 Å². The molecule has 0 aliphatic carbocycles. The summed E-state index contributed by atoms with van der Waals surface area (Å²) < 4.78 is 42.0. The molecule has 1 aromatic rings. The third kappa shape index (κ3) is 19.7. The fraction of sp³-hybridized carbons (Fsp3) is 0.714. The van der Waals surface area contributed by atoms with Gasteiger partial charge >= 0.3 is 41.5 Å². The molecule has 1 rings (SSSR count). The van der Waals surface area contributed by atoms with Gasteiger partial charge in [0.1, 0.15) is 6.61 Å². The van der Waals surface area contributed by atoms with E-state index < -0.39 is 34.4 Å². The average molecular weight is 549 g/mol. The first kappa shape index (κ1) is 36.1. The fourth-order valence-corrected chi connectivity index (χ4v) is 4.33. The zero-order valence-corrected chi connectivity index (χ0v) is 25.8. The largest absolute Gasteiger partial charge is 1.00 e. The van der Waals surface area contributed by atoms with Gasteiger partial charge < -0.3 is 14.0 Å². The molecule has 0 spiro atoms. The first-order chi connectivity index (χ1) is 17.3.